The predicted octanol–water partition coefficient (Wildman–Crippen LogP) is 6.43. The van der Waals surface area contributed by atoms with Crippen LogP contribution in [0.15, 0.2) is 90.3 Å². The zero-order chi connectivity index (χ0) is 25.4. The predicted molar refractivity (Wildman–Crippen MR) is 145 cm³/mol. The Morgan fingerprint density at radius 3 is 2.27 bits per heavy atom. The molecule has 3 aromatic carbocycles. The van der Waals surface area contributed by atoms with E-state index in [-0.39, 0.29) is 18.9 Å². The molecule has 0 bridgehead atoms. The third kappa shape index (κ3) is 4.27. The van der Waals surface area contributed by atoms with Crippen LogP contribution in [-0.2, 0) is 16.0 Å². The van der Waals surface area contributed by atoms with Gasteiger partial charge >= 0.3 is 12.1 Å². The van der Waals surface area contributed by atoms with Gasteiger partial charge in [-0.2, -0.15) is 0 Å². The van der Waals surface area contributed by atoms with Gasteiger partial charge in [0.05, 0.1) is 10.6 Å². The lowest BCUT2D eigenvalue weighted by molar-refractivity contribution is -0.139. The first kappa shape index (κ1) is 23.1. The van der Waals surface area contributed by atoms with Crippen LogP contribution in [0.1, 0.15) is 22.6 Å². The summed E-state index contributed by atoms with van der Waals surface area (Å²) in [6.07, 6.45) is -0.622. The van der Waals surface area contributed by atoms with Crippen LogP contribution in [0.3, 0.4) is 0 Å². The van der Waals surface area contributed by atoms with E-state index in [1.54, 1.807) is 11.3 Å². The minimum Gasteiger partial charge on any atom is -0.480 e. The molecule has 0 saturated heterocycles. The molecule has 2 aromatic heterocycles. The lowest BCUT2D eigenvalue weighted by atomic mass is 9.98. The van der Waals surface area contributed by atoms with E-state index in [9.17, 15) is 14.7 Å². The van der Waals surface area contributed by atoms with Crippen molar-refractivity contribution < 1.29 is 19.4 Å². The summed E-state index contributed by atoms with van der Waals surface area (Å²) in [7, 11) is 0. The molecular formula is C30H24N2O4S. The van der Waals surface area contributed by atoms with E-state index in [4.69, 9.17) is 4.74 Å². The largest absolute Gasteiger partial charge is 0.480 e. The maximum absolute atomic E-state index is 12.8. The Bertz CT molecular complexity index is 1560. The Labute approximate surface area is 217 Å². The van der Waals surface area contributed by atoms with Gasteiger partial charge in [0.1, 0.15) is 12.6 Å². The number of aliphatic carboxylic acids is 1. The van der Waals surface area contributed by atoms with Crippen LogP contribution < -0.4 is 5.32 Å². The smallest absolute Gasteiger partial charge is 0.407 e. The van der Waals surface area contributed by atoms with Crippen molar-refractivity contribution in [2.24, 2.45) is 0 Å². The number of fused-ring (bicyclic) bond motifs is 4. The second-order valence-corrected chi connectivity index (χ2v) is 10.0. The molecule has 0 saturated carbocycles. The number of carboxylic acid groups (broad SMARTS) is 1. The molecule has 5 aromatic rings. The van der Waals surface area contributed by atoms with Crippen molar-refractivity contribution in [2.75, 3.05) is 6.61 Å². The fraction of sp³-hybridized carbons (Fsp3) is 0.133. The van der Waals surface area contributed by atoms with Crippen LogP contribution in [-0.4, -0.2) is 34.8 Å². The van der Waals surface area contributed by atoms with Crippen molar-refractivity contribution in [3.8, 4) is 21.7 Å². The number of thiophene rings is 1. The molecule has 0 fully saturated rings. The summed E-state index contributed by atoms with van der Waals surface area (Å²) in [5.41, 5.74) is 7.12. The second kappa shape index (κ2) is 9.59. The van der Waals surface area contributed by atoms with Crippen molar-refractivity contribution in [3.63, 3.8) is 0 Å². The van der Waals surface area contributed by atoms with Crippen LogP contribution in [0.2, 0.25) is 0 Å². The standard InChI is InChI=1S/C30H24N2O4S/c33-29(34)26(16-23-22-12-5-6-13-25(22)31-28(23)27-14-7-15-37-27)32-30(35)36-17-24-20-10-3-1-8-18(20)19-9-2-4-11-21(19)24/h1-15,24,26,31H,16-17H2,(H,32,35)(H,33,34). The number of aromatic amines is 1. The van der Waals surface area contributed by atoms with Gasteiger partial charge in [-0.15, -0.1) is 11.3 Å². The molecule has 3 N–H and O–H groups in total. The van der Waals surface area contributed by atoms with E-state index < -0.39 is 18.1 Å². The van der Waals surface area contributed by atoms with Crippen LogP contribution in [0.5, 0.6) is 0 Å². The number of hydrogen-bond donors (Lipinski definition) is 3. The summed E-state index contributed by atoms with van der Waals surface area (Å²) in [5.74, 6) is -1.21. The van der Waals surface area contributed by atoms with E-state index in [0.29, 0.717) is 0 Å². The van der Waals surface area contributed by atoms with Gasteiger partial charge in [-0.25, -0.2) is 9.59 Å². The molecular weight excluding hydrogens is 484 g/mol. The normalized spacial score (nSPS) is 13.2. The summed E-state index contributed by atoms with van der Waals surface area (Å²) in [4.78, 5) is 29.5. The maximum atomic E-state index is 12.8. The Morgan fingerprint density at radius 1 is 0.919 bits per heavy atom. The van der Waals surface area contributed by atoms with Gasteiger partial charge in [-0.1, -0.05) is 72.8 Å². The van der Waals surface area contributed by atoms with Gasteiger partial charge < -0.3 is 20.1 Å². The molecule has 0 aliphatic heterocycles. The molecule has 6 nitrogen and oxygen atoms in total. The molecule has 2 heterocycles. The molecule has 7 heteroatoms. The second-order valence-electron chi connectivity index (χ2n) is 9.07. The Hall–Kier alpha value is -4.36. The van der Waals surface area contributed by atoms with Gasteiger partial charge in [0.15, 0.2) is 0 Å². The molecule has 1 unspecified atom stereocenters. The molecule has 0 spiro atoms. The van der Waals surface area contributed by atoms with Crippen LogP contribution >= 0.6 is 11.3 Å². The molecule has 184 valence electrons. The molecule has 1 aliphatic rings. The summed E-state index contributed by atoms with van der Waals surface area (Å²) in [6, 6.07) is 26.8. The molecule has 1 aliphatic carbocycles. The number of nitrogens with one attached hydrogen (secondary N) is 2. The molecule has 0 radical (unpaired) electrons. The average Bonchev–Trinajstić information content (AvgIpc) is 3.64. The number of carboxylic acids is 1. The highest BCUT2D eigenvalue weighted by Crippen LogP contribution is 2.44. The lowest BCUT2D eigenvalue weighted by Gasteiger charge is -2.18. The number of rotatable bonds is 7. The molecule has 1 atom stereocenters. The average molecular weight is 509 g/mol. The third-order valence-corrected chi connectivity index (χ3v) is 7.81. The first-order chi connectivity index (χ1) is 18.1. The topological polar surface area (TPSA) is 91.4 Å². The molecule has 37 heavy (non-hydrogen) atoms. The summed E-state index contributed by atoms with van der Waals surface area (Å²) in [6.45, 7) is 0.125. The quantitative estimate of drug-likeness (QED) is 0.236. The highest BCUT2D eigenvalue weighted by molar-refractivity contribution is 7.13. The number of benzene rings is 3. The third-order valence-electron chi connectivity index (χ3n) is 6.92. The number of para-hydroxylation sites is 1. The minimum absolute atomic E-state index is 0.0968. The summed E-state index contributed by atoms with van der Waals surface area (Å²) < 4.78 is 5.61. The van der Waals surface area contributed by atoms with Gasteiger partial charge in [0.2, 0.25) is 0 Å². The van der Waals surface area contributed by atoms with E-state index in [2.05, 4.69) is 22.4 Å². The number of amides is 1. The van der Waals surface area contributed by atoms with E-state index >= 15 is 0 Å². The number of hydrogen-bond acceptors (Lipinski definition) is 4. The van der Waals surface area contributed by atoms with E-state index in [1.807, 2.05) is 78.2 Å². The van der Waals surface area contributed by atoms with E-state index in [0.717, 1.165) is 49.3 Å². The number of aromatic nitrogens is 1. The van der Waals surface area contributed by atoms with Crippen LogP contribution in [0, 0.1) is 0 Å². The van der Waals surface area contributed by atoms with Gasteiger partial charge in [0.25, 0.3) is 0 Å². The van der Waals surface area contributed by atoms with Crippen LogP contribution in [0.4, 0.5) is 4.79 Å². The SMILES string of the molecule is O=C(NC(Cc1c(-c2cccs2)[nH]c2ccccc12)C(=O)O)OCC1c2ccccc2-c2ccccc21. The highest BCUT2D eigenvalue weighted by atomic mass is 32.1. The molecule has 1 amide bonds. The number of ether oxygens (including phenoxy) is 1. The van der Waals surface area contributed by atoms with Crippen molar-refractivity contribution in [1.82, 2.24) is 10.3 Å². The Balaban J connectivity index is 1.21. The number of carbonyl (C=O) groups is 2. The zero-order valence-electron chi connectivity index (χ0n) is 19.8. The zero-order valence-corrected chi connectivity index (χ0v) is 20.6. The molecule has 6 rings (SSSR count). The van der Waals surface area contributed by atoms with E-state index in [1.165, 1.54) is 0 Å². The highest BCUT2D eigenvalue weighted by Gasteiger charge is 2.30. The summed E-state index contributed by atoms with van der Waals surface area (Å²) in [5, 5.41) is 15.5. The van der Waals surface area contributed by atoms with Crippen LogP contribution in [0.25, 0.3) is 32.6 Å². The van der Waals surface area contributed by atoms with Gasteiger partial charge in [-0.3, -0.25) is 0 Å². The number of carbonyl (C=O) groups excluding carboxylic acids is 1. The Kier molecular flexibility index (Phi) is 5.98. The van der Waals surface area contributed by atoms with Crippen molar-refractivity contribution in [2.45, 2.75) is 18.4 Å². The Morgan fingerprint density at radius 2 is 1.59 bits per heavy atom. The lowest BCUT2D eigenvalue weighted by Crippen LogP contribution is -2.43. The fourth-order valence-electron chi connectivity index (χ4n) is 5.23. The maximum Gasteiger partial charge on any atom is 0.407 e. The van der Waals surface area contributed by atoms with Crippen molar-refractivity contribution in [3.05, 3.63) is 107 Å². The monoisotopic (exact) mass is 508 g/mol. The first-order valence-corrected chi connectivity index (χ1v) is 13.0. The number of alkyl carbamates (subject to hydrolysis) is 1. The number of H-pyrrole nitrogens is 1. The van der Waals surface area contributed by atoms with Crippen molar-refractivity contribution >= 4 is 34.3 Å². The fourth-order valence-corrected chi connectivity index (χ4v) is 5.98. The minimum atomic E-state index is -1.14. The first-order valence-electron chi connectivity index (χ1n) is 12.1. The van der Waals surface area contributed by atoms with Gasteiger partial charge in [0, 0.05) is 23.2 Å². The summed E-state index contributed by atoms with van der Waals surface area (Å²) >= 11 is 1.58. The van der Waals surface area contributed by atoms with Crippen molar-refractivity contribution in [1.29, 1.82) is 0 Å². The van der Waals surface area contributed by atoms with Gasteiger partial charge in [-0.05, 0) is 45.3 Å².